The summed E-state index contributed by atoms with van der Waals surface area (Å²) < 4.78 is 12.0. The van der Waals surface area contributed by atoms with Crippen LogP contribution in [-0.4, -0.2) is 37.8 Å². The number of nitrogens with one attached hydrogen (secondary N) is 1. The number of fused-ring (bicyclic) bond motifs is 1. The Bertz CT molecular complexity index is 1100. The molecule has 1 aromatic carbocycles. The lowest BCUT2D eigenvalue weighted by molar-refractivity contribution is 0.0949. The molecule has 0 fully saturated rings. The molecule has 4 rings (SSSR count). The molecule has 136 valence electrons. The smallest absolute Gasteiger partial charge is 0.258 e. The van der Waals surface area contributed by atoms with Crippen LogP contribution in [0.2, 0.25) is 0 Å². The molecule has 0 saturated heterocycles. The minimum absolute atomic E-state index is 0.202. The van der Waals surface area contributed by atoms with Crippen molar-refractivity contribution in [3.05, 3.63) is 59.8 Å². The molecule has 0 aliphatic heterocycles. The fraction of sp³-hybridized carbons (Fsp3) is 0.167. The molecule has 27 heavy (non-hydrogen) atoms. The van der Waals surface area contributed by atoms with Gasteiger partial charge in [0.15, 0.2) is 17.3 Å². The largest absolute Gasteiger partial charge is 0.497 e. The van der Waals surface area contributed by atoms with Crippen molar-refractivity contribution in [3.8, 4) is 17.2 Å². The van der Waals surface area contributed by atoms with Gasteiger partial charge in [0.25, 0.3) is 11.8 Å². The summed E-state index contributed by atoms with van der Waals surface area (Å²) in [6, 6.07) is 10.5. The number of pyridine rings is 1. The Morgan fingerprint density at radius 2 is 2.04 bits per heavy atom. The average molecular weight is 364 g/mol. The lowest BCUT2D eigenvalue weighted by Gasteiger charge is -2.05. The van der Waals surface area contributed by atoms with Gasteiger partial charge < -0.3 is 14.6 Å². The van der Waals surface area contributed by atoms with Crippen molar-refractivity contribution < 1.29 is 14.1 Å². The van der Waals surface area contributed by atoms with Gasteiger partial charge in [-0.2, -0.15) is 4.98 Å². The quantitative estimate of drug-likeness (QED) is 0.577. The lowest BCUT2D eigenvalue weighted by atomic mass is 10.2. The van der Waals surface area contributed by atoms with E-state index in [1.807, 2.05) is 6.07 Å². The standard InChI is InChI=1S/C18H16N6O3/c1-11-20-18(27-23-11)13-7-8-24-15(9-13)21-22-16(24)10-19-17(25)12-3-5-14(26-2)6-4-12/h3-9H,10H2,1-2H3,(H,19,25). The molecule has 4 aromatic rings. The summed E-state index contributed by atoms with van der Waals surface area (Å²) in [7, 11) is 1.58. The molecule has 9 heteroatoms. The zero-order chi connectivity index (χ0) is 18.8. The second kappa shape index (κ2) is 6.87. The zero-order valence-corrected chi connectivity index (χ0v) is 14.7. The van der Waals surface area contributed by atoms with Crippen LogP contribution in [0.25, 0.3) is 17.1 Å². The highest BCUT2D eigenvalue weighted by atomic mass is 16.5. The van der Waals surface area contributed by atoms with E-state index in [-0.39, 0.29) is 12.5 Å². The van der Waals surface area contributed by atoms with Gasteiger partial charge in [0, 0.05) is 17.3 Å². The SMILES string of the molecule is COc1ccc(C(=O)NCc2nnc3cc(-c4nc(C)no4)ccn23)cc1. The fourth-order valence-electron chi connectivity index (χ4n) is 2.61. The van der Waals surface area contributed by atoms with Crippen molar-refractivity contribution in [2.45, 2.75) is 13.5 Å². The normalized spacial score (nSPS) is 10.9. The molecule has 0 unspecified atom stereocenters. The topological polar surface area (TPSA) is 107 Å². The zero-order valence-electron chi connectivity index (χ0n) is 14.7. The molecule has 1 N–H and O–H groups in total. The number of hydrogen-bond donors (Lipinski definition) is 1. The van der Waals surface area contributed by atoms with Crippen molar-refractivity contribution in [1.29, 1.82) is 0 Å². The highest BCUT2D eigenvalue weighted by Gasteiger charge is 2.12. The number of aryl methyl sites for hydroxylation is 1. The molecule has 0 aliphatic carbocycles. The van der Waals surface area contributed by atoms with E-state index in [0.717, 1.165) is 5.56 Å². The van der Waals surface area contributed by atoms with Gasteiger partial charge in [-0.1, -0.05) is 5.16 Å². The Hall–Kier alpha value is -3.75. The maximum Gasteiger partial charge on any atom is 0.258 e. The van der Waals surface area contributed by atoms with E-state index in [9.17, 15) is 4.79 Å². The number of hydrogen-bond acceptors (Lipinski definition) is 7. The van der Waals surface area contributed by atoms with Crippen LogP contribution in [0.3, 0.4) is 0 Å². The molecule has 3 aromatic heterocycles. The first-order valence-electron chi connectivity index (χ1n) is 8.20. The van der Waals surface area contributed by atoms with Crippen molar-refractivity contribution in [3.63, 3.8) is 0 Å². The van der Waals surface area contributed by atoms with E-state index in [1.54, 1.807) is 55.0 Å². The van der Waals surface area contributed by atoms with Crippen LogP contribution in [-0.2, 0) is 6.54 Å². The Balaban J connectivity index is 1.49. The summed E-state index contributed by atoms with van der Waals surface area (Å²) in [4.78, 5) is 16.5. The molecule has 9 nitrogen and oxygen atoms in total. The van der Waals surface area contributed by atoms with Crippen LogP contribution < -0.4 is 10.1 Å². The Morgan fingerprint density at radius 1 is 1.22 bits per heavy atom. The lowest BCUT2D eigenvalue weighted by Crippen LogP contribution is -2.23. The summed E-state index contributed by atoms with van der Waals surface area (Å²) >= 11 is 0. The fourth-order valence-corrected chi connectivity index (χ4v) is 2.61. The first kappa shape index (κ1) is 16.7. The molecular formula is C18H16N6O3. The third kappa shape index (κ3) is 3.34. The van der Waals surface area contributed by atoms with E-state index in [4.69, 9.17) is 9.26 Å². The van der Waals surface area contributed by atoms with Crippen molar-refractivity contribution >= 4 is 11.6 Å². The summed E-state index contributed by atoms with van der Waals surface area (Å²) in [6.07, 6.45) is 1.80. The van der Waals surface area contributed by atoms with E-state index in [0.29, 0.717) is 34.5 Å². The number of benzene rings is 1. The molecule has 0 saturated carbocycles. The summed E-state index contributed by atoms with van der Waals surface area (Å²) in [5.74, 6) is 2.09. The van der Waals surface area contributed by atoms with E-state index in [2.05, 4.69) is 25.7 Å². The van der Waals surface area contributed by atoms with E-state index >= 15 is 0 Å². The molecule has 1 amide bonds. The number of amides is 1. The number of nitrogens with zero attached hydrogens (tertiary/aromatic N) is 5. The van der Waals surface area contributed by atoms with E-state index < -0.39 is 0 Å². The van der Waals surface area contributed by atoms with Crippen molar-refractivity contribution in [2.24, 2.45) is 0 Å². The second-order valence-corrected chi connectivity index (χ2v) is 5.82. The Labute approximate surface area is 154 Å². The Morgan fingerprint density at radius 3 is 2.74 bits per heavy atom. The third-order valence-corrected chi connectivity index (χ3v) is 4.01. The molecule has 0 spiro atoms. The van der Waals surface area contributed by atoms with Crippen molar-refractivity contribution in [2.75, 3.05) is 7.11 Å². The molecule has 3 heterocycles. The molecule has 0 radical (unpaired) electrons. The summed E-state index contributed by atoms with van der Waals surface area (Å²) in [6.45, 7) is 2.00. The maximum absolute atomic E-state index is 12.3. The first-order chi connectivity index (χ1) is 13.1. The van der Waals surface area contributed by atoms with Gasteiger partial charge in [0.05, 0.1) is 13.7 Å². The third-order valence-electron chi connectivity index (χ3n) is 4.01. The predicted molar refractivity (Wildman–Crippen MR) is 95.2 cm³/mol. The van der Waals surface area contributed by atoms with Gasteiger partial charge in [-0.3, -0.25) is 9.20 Å². The molecule has 0 aliphatic rings. The van der Waals surface area contributed by atoms with E-state index in [1.165, 1.54) is 0 Å². The van der Waals surface area contributed by atoms with Crippen molar-refractivity contribution in [1.82, 2.24) is 30.1 Å². The number of aromatic nitrogens is 5. The van der Waals surface area contributed by atoms with Crippen LogP contribution in [0.1, 0.15) is 22.0 Å². The van der Waals surface area contributed by atoms with Crippen LogP contribution >= 0.6 is 0 Å². The summed E-state index contributed by atoms with van der Waals surface area (Å²) in [5.41, 5.74) is 1.92. The number of methoxy groups -OCH3 is 1. The van der Waals surface area contributed by atoms with Gasteiger partial charge in [0.1, 0.15) is 5.75 Å². The van der Waals surface area contributed by atoms with Crippen LogP contribution in [0.4, 0.5) is 0 Å². The second-order valence-electron chi connectivity index (χ2n) is 5.82. The highest BCUT2D eigenvalue weighted by molar-refractivity contribution is 5.94. The maximum atomic E-state index is 12.3. The minimum Gasteiger partial charge on any atom is -0.497 e. The summed E-state index contributed by atoms with van der Waals surface area (Å²) in [5, 5.41) is 14.9. The van der Waals surface area contributed by atoms with Gasteiger partial charge in [-0.25, -0.2) is 0 Å². The predicted octanol–water partition coefficient (Wildman–Crippen LogP) is 2.03. The highest BCUT2D eigenvalue weighted by Crippen LogP contribution is 2.19. The monoisotopic (exact) mass is 364 g/mol. The van der Waals surface area contributed by atoms with Crippen LogP contribution in [0.5, 0.6) is 5.75 Å². The molecule has 0 atom stereocenters. The minimum atomic E-state index is -0.202. The van der Waals surface area contributed by atoms with Gasteiger partial charge in [0.2, 0.25) is 0 Å². The van der Waals surface area contributed by atoms with Crippen LogP contribution in [0.15, 0.2) is 47.1 Å². The number of carbonyl (C=O) groups is 1. The molecular weight excluding hydrogens is 348 g/mol. The average Bonchev–Trinajstić information content (AvgIpc) is 3.31. The van der Waals surface area contributed by atoms with Crippen LogP contribution in [0, 0.1) is 6.92 Å². The molecule has 0 bridgehead atoms. The number of ether oxygens (including phenoxy) is 1. The Kier molecular flexibility index (Phi) is 4.25. The van der Waals surface area contributed by atoms with Gasteiger partial charge in [-0.15, -0.1) is 10.2 Å². The van der Waals surface area contributed by atoms with Gasteiger partial charge in [-0.05, 0) is 43.3 Å². The first-order valence-corrected chi connectivity index (χ1v) is 8.20. The number of rotatable bonds is 5. The van der Waals surface area contributed by atoms with Gasteiger partial charge >= 0.3 is 0 Å². The number of carbonyl (C=O) groups excluding carboxylic acids is 1.